The van der Waals surface area contributed by atoms with E-state index in [4.69, 9.17) is 4.74 Å². The number of thiazole rings is 1. The molecule has 0 aliphatic carbocycles. The maximum Gasteiger partial charge on any atom is 0.273 e. The molecular weight excluding hydrogens is 476 g/mol. The van der Waals surface area contributed by atoms with Crippen molar-refractivity contribution in [1.82, 2.24) is 30.2 Å². The Morgan fingerprint density at radius 3 is 2.78 bits per heavy atom. The predicted octanol–water partition coefficient (Wildman–Crippen LogP) is 3.06. The highest BCUT2D eigenvalue weighted by Crippen LogP contribution is 2.37. The van der Waals surface area contributed by atoms with Crippen molar-refractivity contribution < 1.29 is 14.3 Å². The summed E-state index contributed by atoms with van der Waals surface area (Å²) in [4.78, 5) is 32.9. The Bertz CT molecular complexity index is 1170. The number of carbonyl (C=O) groups is 2. The van der Waals surface area contributed by atoms with Gasteiger partial charge in [0.15, 0.2) is 0 Å². The Labute approximate surface area is 214 Å². The molecule has 1 spiro atoms. The van der Waals surface area contributed by atoms with Crippen molar-refractivity contribution in [3.8, 4) is 0 Å². The lowest BCUT2D eigenvalue weighted by Crippen LogP contribution is -2.50. The largest absolute Gasteiger partial charge is 0.373 e. The van der Waals surface area contributed by atoms with Crippen molar-refractivity contribution >= 4 is 23.2 Å². The van der Waals surface area contributed by atoms with E-state index in [0.717, 1.165) is 42.9 Å². The Morgan fingerprint density at radius 2 is 1.94 bits per heavy atom. The topological polar surface area (TPSA) is 102 Å². The molecular formula is C26H32N6O3S. The van der Waals surface area contributed by atoms with Gasteiger partial charge in [-0.1, -0.05) is 42.0 Å². The first kappa shape index (κ1) is 24.6. The van der Waals surface area contributed by atoms with E-state index in [0.29, 0.717) is 51.4 Å². The molecule has 9 nitrogen and oxygen atoms in total. The van der Waals surface area contributed by atoms with Gasteiger partial charge in [-0.3, -0.25) is 14.3 Å². The van der Waals surface area contributed by atoms with Gasteiger partial charge in [-0.25, -0.2) is 4.98 Å². The van der Waals surface area contributed by atoms with E-state index in [1.807, 2.05) is 39.4 Å². The summed E-state index contributed by atoms with van der Waals surface area (Å²) in [6, 6.07) is 10.2. The van der Waals surface area contributed by atoms with Gasteiger partial charge in [0, 0.05) is 38.0 Å². The third kappa shape index (κ3) is 5.82. The molecule has 2 aliphatic rings. The number of nitrogens with one attached hydrogen (secondary N) is 1. The molecule has 2 bridgehead atoms. The molecule has 1 N–H and O–H groups in total. The Balaban J connectivity index is 1.20. The molecule has 1 aromatic carbocycles. The molecule has 10 heteroatoms. The first-order valence-corrected chi connectivity index (χ1v) is 13.5. The van der Waals surface area contributed by atoms with Gasteiger partial charge in [0.25, 0.3) is 5.91 Å². The molecule has 2 aromatic heterocycles. The zero-order chi connectivity index (χ0) is 24.8. The maximum absolute atomic E-state index is 13.3. The zero-order valence-electron chi connectivity index (χ0n) is 20.4. The minimum absolute atomic E-state index is 0.0444. The number of benzene rings is 1. The fourth-order valence-corrected chi connectivity index (χ4v) is 5.81. The predicted molar refractivity (Wildman–Crippen MR) is 135 cm³/mol. The summed E-state index contributed by atoms with van der Waals surface area (Å²) in [6.45, 7) is 3.16. The van der Waals surface area contributed by atoms with Crippen LogP contribution in [0, 0.1) is 5.41 Å². The molecule has 2 aliphatic heterocycles. The lowest BCUT2D eigenvalue weighted by molar-refractivity contribution is -0.134. The second kappa shape index (κ2) is 11.3. The van der Waals surface area contributed by atoms with Gasteiger partial charge in [-0.2, -0.15) is 0 Å². The average molecular weight is 509 g/mol. The van der Waals surface area contributed by atoms with Crippen molar-refractivity contribution in [3.05, 3.63) is 63.9 Å². The highest BCUT2D eigenvalue weighted by atomic mass is 32.1. The number of hydrogen-bond donors (Lipinski definition) is 1. The number of rotatable bonds is 3. The molecule has 3 aromatic rings. The van der Waals surface area contributed by atoms with E-state index in [1.54, 1.807) is 0 Å². The van der Waals surface area contributed by atoms with Crippen LogP contribution in [-0.4, -0.2) is 62.9 Å². The smallest absolute Gasteiger partial charge is 0.273 e. The highest BCUT2D eigenvalue weighted by Gasteiger charge is 2.42. The highest BCUT2D eigenvalue weighted by molar-refractivity contribution is 7.09. The lowest BCUT2D eigenvalue weighted by atomic mass is 9.73. The van der Waals surface area contributed by atoms with Gasteiger partial charge < -0.3 is 15.0 Å². The maximum atomic E-state index is 13.3. The van der Waals surface area contributed by atoms with Crippen LogP contribution >= 0.6 is 11.3 Å². The number of ether oxygens (including phenoxy) is 1. The number of hydrogen-bond acceptors (Lipinski definition) is 7. The number of nitrogens with zero attached hydrogens (tertiary/aromatic N) is 5. The summed E-state index contributed by atoms with van der Waals surface area (Å²) in [5, 5.41) is 14.2. The van der Waals surface area contributed by atoms with E-state index in [9.17, 15) is 9.59 Å². The van der Waals surface area contributed by atoms with Crippen molar-refractivity contribution in [3.63, 3.8) is 0 Å². The minimum Gasteiger partial charge on any atom is -0.373 e. The van der Waals surface area contributed by atoms with Crippen LogP contribution in [0.1, 0.15) is 58.9 Å². The fraction of sp³-hybridized carbons (Fsp3) is 0.500. The second-order valence-electron chi connectivity index (χ2n) is 9.60. The molecule has 36 heavy (non-hydrogen) atoms. The number of fused-ring (bicyclic) bond motifs is 2. The molecule has 2 amide bonds. The van der Waals surface area contributed by atoms with Gasteiger partial charge in [0.05, 0.1) is 29.8 Å². The molecule has 0 atom stereocenters. The zero-order valence-corrected chi connectivity index (χ0v) is 21.2. The SMILES string of the molecule is O=C(c1csc(Cc2ccccc2)n1)N1CCC2(CCCCn3cc(nn3)COCCNC2=O)CC1. The molecule has 190 valence electrons. The summed E-state index contributed by atoms with van der Waals surface area (Å²) in [5.74, 6) is 0.0306. The summed E-state index contributed by atoms with van der Waals surface area (Å²) in [5.41, 5.74) is 2.02. The van der Waals surface area contributed by atoms with E-state index in [2.05, 4.69) is 32.7 Å². The van der Waals surface area contributed by atoms with Crippen LogP contribution in [0.5, 0.6) is 0 Å². The Hall–Kier alpha value is -3.11. The van der Waals surface area contributed by atoms with Gasteiger partial charge in [0.2, 0.25) is 5.91 Å². The summed E-state index contributed by atoms with van der Waals surface area (Å²) in [7, 11) is 0. The van der Waals surface area contributed by atoms with E-state index in [1.165, 1.54) is 16.9 Å². The molecule has 1 fully saturated rings. The van der Waals surface area contributed by atoms with Crippen LogP contribution in [0.3, 0.4) is 0 Å². The average Bonchev–Trinajstić information content (AvgIpc) is 3.56. The number of carbonyl (C=O) groups excluding carboxylic acids is 2. The third-order valence-electron chi connectivity index (χ3n) is 7.12. The normalized spacial score (nSPS) is 19.0. The standard InChI is InChI=1S/C26H32N6O3S/c33-24(22-19-36-23(28-22)16-20-6-2-1-3-7-20)31-13-9-26(10-14-31)8-4-5-12-32-17-21(29-30-32)18-35-15-11-27-25(26)34/h1-3,6-7,17,19H,4-5,8-16,18H2,(H,27,34). The second-order valence-corrected chi connectivity index (χ2v) is 10.5. The monoisotopic (exact) mass is 508 g/mol. The van der Waals surface area contributed by atoms with Crippen molar-refractivity contribution in [2.75, 3.05) is 26.2 Å². The van der Waals surface area contributed by atoms with Crippen LogP contribution in [0.15, 0.2) is 41.9 Å². The quantitative estimate of drug-likeness (QED) is 0.583. The summed E-state index contributed by atoms with van der Waals surface area (Å²) in [6.07, 6.45) is 6.59. The van der Waals surface area contributed by atoms with Gasteiger partial charge >= 0.3 is 0 Å². The molecule has 0 radical (unpaired) electrons. The number of likely N-dealkylation sites (tertiary alicyclic amines) is 1. The van der Waals surface area contributed by atoms with Crippen LogP contribution in [0.2, 0.25) is 0 Å². The van der Waals surface area contributed by atoms with E-state index in [-0.39, 0.29) is 11.8 Å². The van der Waals surface area contributed by atoms with Crippen molar-refractivity contribution in [1.29, 1.82) is 0 Å². The number of aromatic nitrogens is 4. The summed E-state index contributed by atoms with van der Waals surface area (Å²) < 4.78 is 7.49. The lowest BCUT2D eigenvalue weighted by Gasteiger charge is -2.40. The van der Waals surface area contributed by atoms with Gasteiger partial charge in [-0.05, 0) is 31.2 Å². The Morgan fingerprint density at radius 1 is 1.11 bits per heavy atom. The number of piperidine rings is 1. The third-order valence-corrected chi connectivity index (χ3v) is 7.97. The van der Waals surface area contributed by atoms with Crippen molar-refractivity contribution in [2.24, 2.45) is 5.41 Å². The van der Waals surface area contributed by atoms with E-state index < -0.39 is 5.41 Å². The van der Waals surface area contributed by atoms with Crippen LogP contribution in [0.25, 0.3) is 0 Å². The molecule has 4 heterocycles. The van der Waals surface area contributed by atoms with Gasteiger partial charge in [0.1, 0.15) is 11.4 Å². The first-order chi connectivity index (χ1) is 17.6. The summed E-state index contributed by atoms with van der Waals surface area (Å²) >= 11 is 1.52. The van der Waals surface area contributed by atoms with Crippen LogP contribution in [0.4, 0.5) is 0 Å². The van der Waals surface area contributed by atoms with Gasteiger partial charge in [-0.15, -0.1) is 16.4 Å². The van der Waals surface area contributed by atoms with Crippen LogP contribution < -0.4 is 5.32 Å². The molecule has 0 saturated carbocycles. The molecule has 5 rings (SSSR count). The first-order valence-electron chi connectivity index (χ1n) is 12.6. The van der Waals surface area contributed by atoms with Crippen molar-refractivity contribution in [2.45, 2.75) is 51.7 Å². The Kier molecular flexibility index (Phi) is 7.72. The minimum atomic E-state index is -0.463. The van der Waals surface area contributed by atoms with Crippen LogP contribution in [-0.2, 0) is 29.1 Å². The molecule has 0 unspecified atom stereocenters. The number of amides is 2. The van der Waals surface area contributed by atoms with E-state index >= 15 is 0 Å². The number of aryl methyl sites for hydroxylation is 1. The molecule has 1 saturated heterocycles. The fourth-order valence-electron chi connectivity index (χ4n) is 5.00.